The lowest BCUT2D eigenvalue weighted by Gasteiger charge is -2.11. The molecule has 0 aliphatic heterocycles. The molecule has 1 aromatic heterocycles. The number of aromatic nitrogens is 4. The smallest absolute Gasteiger partial charge is 0.319 e. The van der Waals surface area contributed by atoms with Crippen LogP contribution in [0.2, 0.25) is 0 Å². The van der Waals surface area contributed by atoms with Gasteiger partial charge in [-0.05, 0) is 53.1 Å². The highest BCUT2D eigenvalue weighted by molar-refractivity contribution is 5.89. The van der Waals surface area contributed by atoms with Gasteiger partial charge in [-0.2, -0.15) is 0 Å². The number of carbonyl (C=O) groups excluding carboxylic acids is 1. The van der Waals surface area contributed by atoms with E-state index in [0.717, 1.165) is 22.4 Å². The maximum atomic E-state index is 12.1. The van der Waals surface area contributed by atoms with Crippen molar-refractivity contribution in [3.63, 3.8) is 0 Å². The molecule has 0 spiro atoms. The van der Waals surface area contributed by atoms with Crippen molar-refractivity contribution < 1.29 is 4.79 Å². The number of benzene rings is 2. The summed E-state index contributed by atoms with van der Waals surface area (Å²) < 4.78 is 1.56. The molecule has 0 aliphatic rings. The van der Waals surface area contributed by atoms with Crippen LogP contribution in [-0.4, -0.2) is 26.2 Å². The molecule has 0 aliphatic carbocycles. The monoisotopic (exact) mass is 322 g/mol. The normalized spacial score (nSPS) is 10.4. The SMILES string of the molecule is Cc1ccccc1CNC(=O)Nc1ccc(C)c(-n2cnnn2)c1. The van der Waals surface area contributed by atoms with Crippen LogP contribution < -0.4 is 10.6 Å². The Kier molecular flexibility index (Phi) is 4.51. The maximum Gasteiger partial charge on any atom is 0.319 e. The minimum Gasteiger partial charge on any atom is -0.334 e. The van der Waals surface area contributed by atoms with Gasteiger partial charge in [0, 0.05) is 12.2 Å². The van der Waals surface area contributed by atoms with Crippen molar-refractivity contribution in [3.05, 3.63) is 65.5 Å². The Morgan fingerprint density at radius 2 is 1.96 bits per heavy atom. The van der Waals surface area contributed by atoms with Crippen LogP contribution in [0.25, 0.3) is 5.69 Å². The third-order valence-electron chi connectivity index (χ3n) is 3.76. The molecule has 0 bridgehead atoms. The zero-order valence-electron chi connectivity index (χ0n) is 13.5. The first-order chi connectivity index (χ1) is 11.6. The van der Waals surface area contributed by atoms with Gasteiger partial charge in [0.2, 0.25) is 0 Å². The fraction of sp³-hybridized carbons (Fsp3) is 0.176. The van der Waals surface area contributed by atoms with E-state index in [9.17, 15) is 4.79 Å². The van der Waals surface area contributed by atoms with Crippen LogP contribution in [0.4, 0.5) is 10.5 Å². The molecule has 0 unspecified atom stereocenters. The average molecular weight is 322 g/mol. The maximum absolute atomic E-state index is 12.1. The van der Waals surface area contributed by atoms with Crippen LogP contribution in [-0.2, 0) is 6.54 Å². The summed E-state index contributed by atoms with van der Waals surface area (Å²) >= 11 is 0. The van der Waals surface area contributed by atoms with E-state index in [2.05, 4.69) is 26.2 Å². The Morgan fingerprint density at radius 3 is 2.71 bits per heavy atom. The molecular weight excluding hydrogens is 304 g/mol. The molecule has 0 saturated carbocycles. The highest BCUT2D eigenvalue weighted by Crippen LogP contribution is 2.18. The molecule has 24 heavy (non-hydrogen) atoms. The van der Waals surface area contributed by atoms with Gasteiger partial charge in [0.05, 0.1) is 5.69 Å². The molecule has 0 atom stereocenters. The summed E-state index contributed by atoms with van der Waals surface area (Å²) in [5.41, 5.74) is 4.73. The molecule has 3 rings (SSSR count). The van der Waals surface area contributed by atoms with Gasteiger partial charge in [0.25, 0.3) is 0 Å². The largest absolute Gasteiger partial charge is 0.334 e. The van der Waals surface area contributed by atoms with E-state index in [-0.39, 0.29) is 6.03 Å². The fourth-order valence-corrected chi connectivity index (χ4v) is 2.36. The lowest BCUT2D eigenvalue weighted by molar-refractivity contribution is 0.251. The Hall–Kier alpha value is -3.22. The molecule has 2 aromatic carbocycles. The van der Waals surface area contributed by atoms with E-state index in [0.29, 0.717) is 12.2 Å². The van der Waals surface area contributed by atoms with Gasteiger partial charge >= 0.3 is 6.03 Å². The zero-order valence-corrected chi connectivity index (χ0v) is 13.5. The molecule has 7 nitrogen and oxygen atoms in total. The predicted octanol–water partition coefficient (Wildman–Crippen LogP) is 2.60. The summed E-state index contributed by atoms with van der Waals surface area (Å²) in [6.07, 6.45) is 1.52. The predicted molar refractivity (Wildman–Crippen MR) is 90.9 cm³/mol. The van der Waals surface area contributed by atoms with Crippen LogP contribution in [0, 0.1) is 13.8 Å². The van der Waals surface area contributed by atoms with Gasteiger partial charge in [-0.3, -0.25) is 0 Å². The van der Waals surface area contributed by atoms with Gasteiger partial charge in [-0.25, -0.2) is 9.48 Å². The highest BCUT2D eigenvalue weighted by Gasteiger charge is 2.07. The van der Waals surface area contributed by atoms with Crippen LogP contribution in [0.15, 0.2) is 48.8 Å². The van der Waals surface area contributed by atoms with Crippen LogP contribution >= 0.6 is 0 Å². The molecule has 2 amide bonds. The van der Waals surface area contributed by atoms with Crippen molar-refractivity contribution >= 4 is 11.7 Å². The summed E-state index contributed by atoms with van der Waals surface area (Å²) in [6, 6.07) is 13.3. The number of hydrogen-bond donors (Lipinski definition) is 2. The lowest BCUT2D eigenvalue weighted by atomic mass is 10.1. The minimum atomic E-state index is -0.259. The van der Waals surface area contributed by atoms with Gasteiger partial charge in [0.15, 0.2) is 0 Å². The Bertz CT molecular complexity index is 844. The van der Waals surface area contributed by atoms with Gasteiger partial charge in [-0.1, -0.05) is 30.3 Å². The summed E-state index contributed by atoms with van der Waals surface area (Å²) in [7, 11) is 0. The second-order valence-electron chi connectivity index (χ2n) is 5.49. The summed E-state index contributed by atoms with van der Waals surface area (Å²) in [5, 5.41) is 16.8. The van der Waals surface area contributed by atoms with E-state index in [1.165, 1.54) is 6.33 Å². The number of hydrogen-bond acceptors (Lipinski definition) is 4. The second kappa shape index (κ2) is 6.91. The lowest BCUT2D eigenvalue weighted by Crippen LogP contribution is -2.28. The van der Waals surface area contributed by atoms with Crippen molar-refractivity contribution in [1.29, 1.82) is 0 Å². The number of nitrogens with one attached hydrogen (secondary N) is 2. The Morgan fingerprint density at radius 1 is 1.12 bits per heavy atom. The van der Waals surface area contributed by atoms with Gasteiger partial charge in [0.1, 0.15) is 6.33 Å². The number of anilines is 1. The average Bonchev–Trinajstić information content (AvgIpc) is 3.10. The molecule has 0 fully saturated rings. The first-order valence-electron chi connectivity index (χ1n) is 7.57. The number of urea groups is 1. The molecule has 1 heterocycles. The number of aryl methyl sites for hydroxylation is 2. The zero-order chi connectivity index (χ0) is 16.9. The molecule has 0 radical (unpaired) electrons. The van der Waals surface area contributed by atoms with E-state index in [1.54, 1.807) is 4.68 Å². The van der Waals surface area contributed by atoms with Crippen molar-refractivity contribution in [2.75, 3.05) is 5.32 Å². The topological polar surface area (TPSA) is 84.7 Å². The van der Waals surface area contributed by atoms with E-state index < -0.39 is 0 Å². The number of tetrazole rings is 1. The van der Waals surface area contributed by atoms with E-state index >= 15 is 0 Å². The molecule has 2 N–H and O–H groups in total. The molecule has 7 heteroatoms. The molecule has 3 aromatic rings. The number of rotatable bonds is 4. The number of nitrogens with zero attached hydrogens (tertiary/aromatic N) is 4. The molecule has 0 saturated heterocycles. The Balaban J connectivity index is 1.67. The number of carbonyl (C=O) groups is 1. The summed E-state index contributed by atoms with van der Waals surface area (Å²) in [5.74, 6) is 0. The second-order valence-corrected chi connectivity index (χ2v) is 5.49. The quantitative estimate of drug-likeness (QED) is 0.773. The van der Waals surface area contributed by atoms with Crippen LogP contribution in [0.1, 0.15) is 16.7 Å². The third kappa shape index (κ3) is 3.57. The molecular formula is C17H18N6O. The van der Waals surface area contributed by atoms with Crippen LogP contribution in [0.5, 0.6) is 0 Å². The van der Waals surface area contributed by atoms with Crippen LogP contribution in [0.3, 0.4) is 0 Å². The Labute approximate surface area is 139 Å². The van der Waals surface area contributed by atoms with Crippen molar-refractivity contribution in [1.82, 2.24) is 25.5 Å². The third-order valence-corrected chi connectivity index (χ3v) is 3.76. The van der Waals surface area contributed by atoms with Crippen molar-refractivity contribution in [2.45, 2.75) is 20.4 Å². The molecule has 122 valence electrons. The minimum absolute atomic E-state index is 0.259. The van der Waals surface area contributed by atoms with Gasteiger partial charge < -0.3 is 10.6 Å². The van der Waals surface area contributed by atoms with E-state index in [1.807, 2.05) is 56.3 Å². The summed E-state index contributed by atoms with van der Waals surface area (Å²) in [4.78, 5) is 12.1. The first-order valence-corrected chi connectivity index (χ1v) is 7.57. The first kappa shape index (κ1) is 15.7. The summed E-state index contributed by atoms with van der Waals surface area (Å²) in [6.45, 7) is 4.45. The van der Waals surface area contributed by atoms with Crippen molar-refractivity contribution in [3.8, 4) is 5.69 Å². The number of amides is 2. The fourth-order valence-electron chi connectivity index (χ4n) is 2.36. The van der Waals surface area contributed by atoms with Gasteiger partial charge in [-0.15, -0.1) is 5.10 Å². The standard InChI is InChI=1S/C17H18N6O/c1-12-5-3-4-6-14(12)10-18-17(24)20-15-8-7-13(2)16(9-15)23-11-19-21-22-23/h3-9,11H,10H2,1-2H3,(H2,18,20,24). The van der Waals surface area contributed by atoms with Crippen molar-refractivity contribution in [2.24, 2.45) is 0 Å². The highest BCUT2D eigenvalue weighted by atomic mass is 16.2. The van der Waals surface area contributed by atoms with E-state index in [4.69, 9.17) is 0 Å².